The van der Waals surface area contributed by atoms with E-state index < -0.39 is 0 Å². The van der Waals surface area contributed by atoms with Crippen LogP contribution >= 0.6 is 0 Å². The van der Waals surface area contributed by atoms with Crippen LogP contribution in [0.4, 0.5) is 0 Å². The van der Waals surface area contributed by atoms with Crippen molar-refractivity contribution in [1.82, 2.24) is 0 Å². The number of hydrogen-bond acceptors (Lipinski definition) is 1. The van der Waals surface area contributed by atoms with Crippen LogP contribution in [0.1, 0.15) is 25.0 Å². The molecule has 0 radical (unpaired) electrons. The fraction of sp³-hybridized carbons (Fsp3) is 0.385. The third kappa shape index (κ3) is 3.00. The summed E-state index contributed by atoms with van der Waals surface area (Å²) in [7, 11) is 0. The Morgan fingerprint density at radius 3 is 2.64 bits per heavy atom. The van der Waals surface area contributed by atoms with Gasteiger partial charge in [0.2, 0.25) is 0 Å². The standard InChI is InChI=1S/C13H19N/c1-10(2)13(9-14)8-12-6-4-5-11(3)7-12/h4-8,10H,9,14H2,1-3H3. The first kappa shape index (κ1) is 11.0. The Labute approximate surface area is 86.6 Å². The van der Waals surface area contributed by atoms with Gasteiger partial charge in [-0.1, -0.05) is 55.3 Å². The Balaban J connectivity index is 2.94. The predicted molar refractivity (Wildman–Crippen MR) is 63.0 cm³/mol. The van der Waals surface area contributed by atoms with Crippen molar-refractivity contribution < 1.29 is 0 Å². The second kappa shape index (κ2) is 4.97. The first-order valence-corrected chi connectivity index (χ1v) is 5.10. The molecule has 1 aromatic rings. The number of hydrogen-bond donors (Lipinski definition) is 1. The molecule has 2 N–H and O–H groups in total. The highest BCUT2D eigenvalue weighted by Crippen LogP contribution is 2.14. The van der Waals surface area contributed by atoms with E-state index in [1.807, 2.05) is 0 Å². The Hall–Kier alpha value is -1.08. The van der Waals surface area contributed by atoms with Crippen LogP contribution in [0.25, 0.3) is 6.08 Å². The highest BCUT2D eigenvalue weighted by molar-refractivity contribution is 5.54. The molecular weight excluding hydrogens is 170 g/mol. The quantitative estimate of drug-likeness (QED) is 0.777. The summed E-state index contributed by atoms with van der Waals surface area (Å²) in [6.45, 7) is 7.10. The highest BCUT2D eigenvalue weighted by Gasteiger charge is 2.00. The first-order valence-electron chi connectivity index (χ1n) is 5.10. The summed E-state index contributed by atoms with van der Waals surface area (Å²) in [5.74, 6) is 0.528. The molecule has 0 aliphatic heterocycles. The summed E-state index contributed by atoms with van der Waals surface area (Å²) in [6, 6.07) is 8.48. The summed E-state index contributed by atoms with van der Waals surface area (Å²) >= 11 is 0. The topological polar surface area (TPSA) is 26.0 Å². The maximum atomic E-state index is 5.69. The van der Waals surface area contributed by atoms with Gasteiger partial charge in [-0.05, 0) is 18.4 Å². The molecule has 76 valence electrons. The van der Waals surface area contributed by atoms with Gasteiger partial charge in [0, 0.05) is 6.54 Å². The van der Waals surface area contributed by atoms with E-state index in [1.165, 1.54) is 16.7 Å². The lowest BCUT2D eigenvalue weighted by Crippen LogP contribution is -2.08. The molecule has 1 heteroatoms. The molecule has 1 rings (SSSR count). The normalized spacial score (nSPS) is 12.2. The fourth-order valence-corrected chi connectivity index (χ4v) is 1.44. The largest absolute Gasteiger partial charge is 0.327 e. The molecule has 1 nitrogen and oxygen atoms in total. The van der Waals surface area contributed by atoms with Gasteiger partial charge in [-0.15, -0.1) is 0 Å². The fourth-order valence-electron chi connectivity index (χ4n) is 1.44. The van der Waals surface area contributed by atoms with Crippen molar-refractivity contribution in [2.45, 2.75) is 20.8 Å². The van der Waals surface area contributed by atoms with Gasteiger partial charge in [0.25, 0.3) is 0 Å². The number of nitrogens with two attached hydrogens (primary N) is 1. The van der Waals surface area contributed by atoms with Gasteiger partial charge in [-0.25, -0.2) is 0 Å². The van der Waals surface area contributed by atoms with E-state index in [-0.39, 0.29) is 0 Å². The van der Waals surface area contributed by atoms with Crippen LogP contribution in [0.15, 0.2) is 29.8 Å². The lowest BCUT2D eigenvalue weighted by atomic mass is 10.00. The molecule has 0 unspecified atom stereocenters. The van der Waals surface area contributed by atoms with E-state index >= 15 is 0 Å². The Bertz CT molecular complexity index is 324. The zero-order valence-electron chi connectivity index (χ0n) is 9.25. The van der Waals surface area contributed by atoms with E-state index in [0.717, 1.165) is 0 Å². The SMILES string of the molecule is Cc1cccc(C=C(CN)C(C)C)c1. The zero-order valence-corrected chi connectivity index (χ0v) is 9.25. The van der Waals surface area contributed by atoms with Crippen LogP contribution in [-0.2, 0) is 0 Å². The van der Waals surface area contributed by atoms with E-state index in [0.29, 0.717) is 12.5 Å². The minimum Gasteiger partial charge on any atom is -0.327 e. The Kier molecular flexibility index (Phi) is 3.90. The molecule has 0 aliphatic rings. The van der Waals surface area contributed by atoms with E-state index in [1.54, 1.807) is 0 Å². The van der Waals surface area contributed by atoms with Gasteiger partial charge in [0.15, 0.2) is 0 Å². The van der Waals surface area contributed by atoms with Gasteiger partial charge < -0.3 is 5.73 Å². The Morgan fingerprint density at radius 2 is 2.14 bits per heavy atom. The van der Waals surface area contributed by atoms with Gasteiger partial charge in [-0.2, -0.15) is 0 Å². The van der Waals surface area contributed by atoms with Gasteiger partial charge in [-0.3, -0.25) is 0 Å². The Morgan fingerprint density at radius 1 is 1.43 bits per heavy atom. The van der Waals surface area contributed by atoms with Crippen LogP contribution in [0.5, 0.6) is 0 Å². The molecule has 1 aromatic carbocycles. The molecule has 0 spiro atoms. The number of rotatable bonds is 3. The van der Waals surface area contributed by atoms with Crippen molar-refractivity contribution in [3.8, 4) is 0 Å². The smallest absolute Gasteiger partial charge is 0.0142 e. The summed E-state index contributed by atoms with van der Waals surface area (Å²) in [5.41, 5.74) is 9.53. The predicted octanol–water partition coefficient (Wildman–Crippen LogP) is 2.99. The minimum absolute atomic E-state index is 0.528. The summed E-state index contributed by atoms with van der Waals surface area (Å²) in [5, 5.41) is 0. The van der Waals surface area contributed by atoms with Crippen molar-refractivity contribution >= 4 is 6.08 Å². The first-order chi connectivity index (χ1) is 6.63. The van der Waals surface area contributed by atoms with Crippen LogP contribution in [0.3, 0.4) is 0 Å². The van der Waals surface area contributed by atoms with Crippen LogP contribution < -0.4 is 5.73 Å². The summed E-state index contributed by atoms with van der Waals surface area (Å²) < 4.78 is 0. The van der Waals surface area contributed by atoms with Crippen LogP contribution in [0.2, 0.25) is 0 Å². The molecule has 0 fully saturated rings. The molecule has 0 saturated heterocycles. The molecule has 14 heavy (non-hydrogen) atoms. The minimum atomic E-state index is 0.528. The van der Waals surface area contributed by atoms with Crippen LogP contribution in [0, 0.1) is 12.8 Å². The highest BCUT2D eigenvalue weighted by atomic mass is 14.5. The average Bonchev–Trinajstić information content (AvgIpc) is 2.14. The van der Waals surface area contributed by atoms with Crippen molar-refractivity contribution in [1.29, 1.82) is 0 Å². The monoisotopic (exact) mass is 189 g/mol. The molecule has 0 bridgehead atoms. The van der Waals surface area contributed by atoms with Crippen molar-refractivity contribution in [3.63, 3.8) is 0 Å². The zero-order chi connectivity index (χ0) is 10.6. The molecule has 0 aliphatic carbocycles. The van der Waals surface area contributed by atoms with E-state index in [9.17, 15) is 0 Å². The lowest BCUT2D eigenvalue weighted by molar-refractivity contribution is 0.752. The molecule has 0 heterocycles. The molecular formula is C13H19N. The summed E-state index contributed by atoms with van der Waals surface area (Å²) in [4.78, 5) is 0. The van der Waals surface area contributed by atoms with Crippen molar-refractivity contribution in [3.05, 3.63) is 41.0 Å². The van der Waals surface area contributed by atoms with Crippen LogP contribution in [-0.4, -0.2) is 6.54 Å². The maximum Gasteiger partial charge on any atom is 0.0142 e. The second-order valence-electron chi connectivity index (χ2n) is 3.99. The third-order valence-corrected chi connectivity index (χ3v) is 2.37. The second-order valence-corrected chi connectivity index (χ2v) is 3.99. The maximum absolute atomic E-state index is 5.69. The van der Waals surface area contributed by atoms with Crippen molar-refractivity contribution in [2.75, 3.05) is 6.54 Å². The van der Waals surface area contributed by atoms with Gasteiger partial charge >= 0.3 is 0 Å². The van der Waals surface area contributed by atoms with E-state index in [2.05, 4.69) is 51.1 Å². The molecule has 0 saturated carbocycles. The van der Waals surface area contributed by atoms with Gasteiger partial charge in [0.1, 0.15) is 0 Å². The van der Waals surface area contributed by atoms with Gasteiger partial charge in [0.05, 0.1) is 0 Å². The molecule has 0 aromatic heterocycles. The number of aryl methyl sites for hydroxylation is 1. The molecule has 0 atom stereocenters. The summed E-state index contributed by atoms with van der Waals surface area (Å²) in [6.07, 6.45) is 2.19. The number of benzene rings is 1. The molecule has 0 amide bonds. The third-order valence-electron chi connectivity index (χ3n) is 2.37. The van der Waals surface area contributed by atoms with Crippen molar-refractivity contribution in [2.24, 2.45) is 11.7 Å². The van der Waals surface area contributed by atoms with E-state index in [4.69, 9.17) is 5.73 Å². The average molecular weight is 189 g/mol. The lowest BCUT2D eigenvalue weighted by Gasteiger charge is -2.08.